The minimum atomic E-state index is -0.719. The molecule has 4 saturated heterocycles. The largest absolute Gasteiger partial charge is 0.504 e. The molecule has 0 bridgehead atoms. The van der Waals surface area contributed by atoms with E-state index in [1.807, 2.05) is 30.0 Å². The van der Waals surface area contributed by atoms with Crippen LogP contribution in [0.3, 0.4) is 0 Å². The SMILES string of the molecule is CC[C@H]1CN2CC[C@]3(C(=O)Nc4cc(C(=O)CCCC[C@@H]5SCC6NC(=O)NC65)ccc43)[C@@H]2C[C@@H]1/C(=C\OC)C(=O)OC. The molecule has 10 nitrogen and oxygen atoms in total. The molecule has 0 saturated carbocycles. The van der Waals surface area contributed by atoms with Crippen molar-refractivity contribution in [3.8, 4) is 0 Å². The maximum Gasteiger partial charge on any atom is 0.337 e. The van der Waals surface area contributed by atoms with Gasteiger partial charge in [-0.2, -0.15) is 11.8 Å². The second-order valence-corrected chi connectivity index (χ2v) is 13.8. The first-order chi connectivity index (χ1) is 20.8. The molecule has 6 rings (SSSR count). The molecule has 232 valence electrons. The number of esters is 1. The van der Waals surface area contributed by atoms with E-state index in [2.05, 4.69) is 27.8 Å². The van der Waals surface area contributed by atoms with Crippen LogP contribution in [0.1, 0.15) is 67.8 Å². The van der Waals surface area contributed by atoms with Gasteiger partial charge in [0.1, 0.15) is 0 Å². The summed E-state index contributed by atoms with van der Waals surface area (Å²) in [6.45, 7) is 3.75. The van der Waals surface area contributed by atoms with Crippen LogP contribution in [0.2, 0.25) is 0 Å². The number of thioether (sulfide) groups is 1. The van der Waals surface area contributed by atoms with Crippen LogP contribution in [-0.2, 0) is 24.5 Å². The Hall–Kier alpha value is -3.05. The lowest BCUT2D eigenvalue weighted by atomic mass is 9.67. The summed E-state index contributed by atoms with van der Waals surface area (Å²) < 4.78 is 10.4. The number of urea groups is 1. The summed E-state index contributed by atoms with van der Waals surface area (Å²) in [5.41, 5.74) is 2.10. The number of carbonyl (C=O) groups excluding carboxylic acids is 4. The fourth-order valence-electron chi connectivity index (χ4n) is 8.27. The summed E-state index contributed by atoms with van der Waals surface area (Å²) in [5.74, 6) is 0.765. The Morgan fingerprint density at radius 3 is 2.79 bits per heavy atom. The van der Waals surface area contributed by atoms with Gasteiger partial charge in [-0.05, 0) is 55.7 Å². The molecule has 43 heavy (non-hydrogen) atoms. The van der Waals surface area contributed by atoms with E-state index < -0.39 is 11.4 Å². The molecule has 0 radical (unpaired) electrons. The van der Waals surface area contributed by atoms with Gasteiger partial charge in [-0.25, -0.2) is 9.59 Å². The van der Waals surface area contributed by atoms with Crippen LogP contribution in [0.4, 0.5) is 10.5 Å². The van der Waals surface area contributed by atoms with Crippen molar-refractivity contribution in [2.75, 3.05) is 38.4 Å². The van der Waals surface area contributed by atoms with E-state index >= 15 is 0 Å². The topological polar surface area (TPSA) is 126 Å². The van der Waals surface area contributed by atoms with Crippen LogP contribution in [0, 0.1) is 11.8 Å². The highest BCUT2D eigenvalue weighted by Gasteiger charge is 2.60. The number of rotatable bonds is 10. The first-order valence-corrected chi connectivity index (χ1v) is 16.6. The summed E-state index contributed by atoms with van der Waals surface area (Å²) in [7, 11) is 2.92. The Bertz CT molecular complexity index is 1330. The van der Waals surface area contributed by atoms with Crippen LogP contribution in [0.15, 0.2) is 30.0 Å². The summed E-state index contributed by atoms with van der Waals surface area (Å²) in [6.07, 6.45) is 6.89. The molecule has 5 aliphatic heterocycles. The Kier molecular flexibility index (Phi) is 8.48. The van der Waals surface area contributed by atoms with Crippen molar-refractivity contribution in [1.29, 1.82) is 0 Å². The van der Waals surface area contributed by atoms with Gasteiger partial charge in [0.25, 0.3) is 0 Å². The standard InChI is InChI=1S/C32H42N4O6S/c1-4-18-15-36-12-11-32(27(36)14-20(18)21(16-41-2)29(38)42-3)22-10-9-19(13-23(22)33-30(32)39)25(37)7-5-6-8-26-28-24(17-43-26)34-31(40)35-28/h9-10,13,16,18,20,24,26-28H,4-8,11-12,14-15,17H2,1-3H3,(H,33,39)(H2,34,35,40)/b21-16+/t18-,20-,24?,26-,27-,28?,32+/m0/s1. The zero-order valence-electron chi connectivity index (χ0n) is 25.1. The number of nitrogens with zero attached hydrogens (tertiary/aromatic N) is 1. The summed E-state index contributed by atoms with van der Waals surface area (Å²) >= 11 is 1.89. The number of benzene rings is 1. The smallest absolute Gasteiger partial charge is 0.337 e. The van der Waals surface area contributed by atoms with Crippen LogP contribution < -0.4 is 16.0 Å². The normalized spacial score (nSPS) is 33.0. The fourth-order valence-corrected chi connectivity index (χ4v) is 9.82. The number of fused-ring (bicyclic) bond motifs is 5. The lowest BCUT2D eigenvalue weighted by molar-refractivity contribution is -0.137. The maximum absolute atomic E-state index is 13.8. The highest BCUT2D eigenvalue weighted by molar-refractivity contribution is 8.00. The molecule has 11 heteroatoms. The Morgan fingerprint density at radius 2 is 2.02 bits per heavy atom. The van der Waals surface area contributed by atoms with E-state index in [4.69, 9.17) is 9.47 Å². The molecule has 1 aromatic rings. The predicted molar refractivity (Wildman–Crippen MR) is 164 cm³/mol. The quantitative estimate of drug-likeness (QED) is 0.0917. The van der Waals surface area contributed by atoms with Crippen molar-refractivity contribution in [1.82, 2.24) is 15.5 Å². The molecule has 3 amide bonds. The summed E-state index contributed by atoms with van der Waals surface area (Å²) in [6, 6.07) is 5.96. The molecule has 3 N–H and O–H groups in total. The number of piperidine rings is 1. The number of unbranched alkanes of at least 4 members (excludes halogenated alkanes) is 1. The average molecular weight is 611 g/mol. The van der Waals surface area contributed by atoms with Crippen molar-refractivity contribution in [2.45, 2.75) is 80.7 Å². The first kappa shape index (κ1) is 30.0. The number of carbonyl (C=O) groups is 4. The number of amides is 3. The molecule has 7 atom stereocenters. The highest BCUT2D eigenvalue weighted by atomic mass is 32.2. The van der Waals surface area contributed by atoms with Gasteiger partial charge in [-0.15, -0.1) is 0 Å². The Balaban J connectivity index is 1.14. The van der Waals surface area contributed by atoms with Crippen molar-refractivity contribution in [2.24, 2.45) is 11.8 Å². The number of ether oxygens (including phenoxy) is 2. The third kappa shape index (κ3) is 5.22. The number of hydrogen-bond donors (Lipinski definition) is 3. The number of ketones is 1. The monoisotopic (exact) mass is 610 g/mol. The van der Waals surface area contributed by atoms with E-state index in [0.717, 1.165) is 55.8 Å². The minimum absolute atomic E-state index is 0.0236. The molecule has 5 aliphatic rings. The van der Waals surface area contributed by atoms with Gasteiger partial charge in [0.15, 0.2) is 5.78 Å². The maximum atomic E-state index is 13.8. The number of hydrogen-bond acceptors (Lipinski definition) is 8. The molecule has 1 spiro atoms. The lowest BCUT2D eigenvalue weighted by Gasteiger charge is -2.45. The molecule has 1 aromatic carbocycles. The molecular weight excluding hydrogens is 568 g/mol. The molecule has 4 fully saturated rings. The molecule has 2 unspecified atom stereocenters. The molecular formula is C32H42N4O6S. The fraction of sp³-hybridized carbons (Fsp3) is 0.625. The van der Waals surface area contributed by atoms with Gasteiger partial charge in [0, 0.05) is 41.3 Å². The summed E-state index contributed by atoms with van der Waals surface area (Å²) in [4.78, 5) is 53.7. The van der Waals surface area contributed by atoms with Gasteiger partial charge in [0.2, 0.25) is 5.91 Å². The average Bonchev–Trinajstić information content (AvgIpc) is 3.75. The second-order valence-electron chi connectivity index (χ2n) is 12.5. The molecule has 0 aromatic heterocycles. The van der Waals surface area contributed by atoms with Crippen molar-refractivity contribution >= 4 is 41.1 Å². The number of methoxy groups -OCH3 is 2. The second kappa shape index (κ2) is 12.1. The minimum Gasteiger partial charge on any atom is -0.504 e. The number of Topliss-reactive ketones (excluding diaryl/α,β-unsaturated/α-hetero) is 1. The van der Waals surface area contributed by atoms with E-state index in [9.17, 15) is 19.2 Å². The van der Waals surface area contributed by atoms with E-state index in [1.54, 1.807) is 0 Å². The first-order valence-electron chi connectivity index (χ1n) is 15.5. The molecule has 0 aliphatic carbocycles. The van der Waals surface area contributed by atoms with E-state index in [-0.39, 0.29) is 47.7 Å². The van der Waals surface area contributed by atoms with Crippen molar-refractivity contribution < 1.29 is 28.7 Å². The van der Waals surface area contributed by atoms with Gasteiger partial charge >= 0.3 is 12.0 Å². The predicted octanol–water partition coefficient (Wildman–Crippen LogP) is 3.61. The zero-order chi connectivity index (χ0) is 30.3. The number of nitrogens with one attached hydrogen (secondary N) is 3. The lowest BCUT2D eigenvalue weighted by Crippen LogP contribution is -2.53. The Morgan fingerprint density at radius 1 is 1.19 bits per heavy atom. The highest BCUT2D eigenvalue weighted by Crippen LogP contribution is 2.53. The van der Waals surface area contributed by atoms with Gasteiger partial charge in [0.05, 0.1) is 43.6 Å². The third-order valence-corrected chi connectivity index (χ3v) is 12.0. The Labute approximate surface area is 257 Å². The van der Waals surface area contributed by atoms with Gasteiger partial charge < -0.3 is 25.4 Å². The van der Waals surface area contributed by atoms with Crippen molar-refractivity contribution in [3.05, 3.63) is 41.2 Å². The number of anilines is 1. The van der Waals surface area contributed by atoms with Gasteiger partial charge in [-0.3, -0.25) is 14.5 Å². The van der Waals surface area contributed by atoms with Crippen LogP contribution in [0.5, 0.6) is 0 Å². The van der Waals surface area contributed by atoms with E-state index in [0.29, 0.717) is 35.6 Å². The van der Waals surface area contributed by atoms with E-state index in [1.165, 1.54) is 20.5 Å². The van der Waals surface area contributed by atoms with Crippen LogP contribution in [0.25, 0.3) is 0 Å². The van der Waals surface area contributed by atoms with Crippen molar-refractivity contribution in [3.63, 3.8) is 0 Å². The van der Waals surface area contributed by atoms with Crippen LogP contribution >= 0.6 is 11.8 Å². The third-order valence-electron chi connectivity index (χ3n) is 10.5. The zero-order valence-corrected chi connectivity index (χ0v) is 26.0. The van der Waals surface area contributed by atoms with Crippen LogP contribution in [-0.4, -0.2) is 85.0 Å². The summed E-state index contributed by atoms with van der Waals surface area (Å²) in [5, 5.41) is 9.51. The molecule has 5 heterocycles. The van der Waals surface area contributed by atoms with Gasteiger partial charge in [-0.1, -0.05) is 31.9 Å².